The van der Waals surface area contributed by atoms with Crippen molar-refractivity contribution in [2.24, 2.45) is 5.10 Å². The molecule has 0 saturated carbocycles. The number of nitrogens with zero attached hydrogens (tertiary/aromatic N) is 1. The molecule has 4 heteroatoms. The fraction of sp³-hybridized carbons (Fsp3) is 0.188. The van der Waals surface area contributed by atoms with E-state index in [0.717, 1.165) is 28.5 Å². The van der Waals surface area contributed by atoms with Gasteiger partial charge < -0.3 is 10.2 Å². The van der Waals surface area contributed by atoms with Gasteiger partial charge in [-0.1, -0.05) is 35.9 Å². The third kappa shape index (κ3) is 2.63. The summed E-state index contributed by atoms with van der Waals surface area (Å²) in [6.45, 7) is 0. The second-order valence-electron chi connectivity index (χ2n) is 4.73. The summed E-state index contributed by atoms with van der Waals surface area (Å²) < 4.78 is 5.26. The summed E-state index contributed by atoms with van der Waals surface area (Å²) in [5.74, 6) is 0.865. The minimum atomic E-state index is 0.191. The SMILES string of the molecule is COc1cccc(C2CC(c3ccc(Cl)cc3)=NN2)c1. The van der Waals surface area contributed by atoms with Gasteiger partial charge in [0, 0.05) is 11.4 Å². The van der Waals surface area contributed by atoms with Crippen LogP contribution in [-0.2, 0) is 0 Å². The molecule has 0 aromatic heterocycles. The first-order valence-electron chi connectivity index (χ1n) is 6.48. The Kier molecular flexibility index (Phi) is 3.61. The van der Waals surface area contributed by atoms with Crippen molar-refractivity contribution in [1.29, 1.82) is 0 Å². The normalized spacial score (nSPS) is 17.5. The fourth-order valence-corrected chi connectivity index (χ4v) is 2.44. The van der Waals surface area contributed by atoms with Crippen LogP contribution in [0.25, 0.3) is 0 Å². The van der Waals surface area contributed by atoms with Crippen LogP contribution in [0.3, 0.4) is 0 Å². The van der Waals surface area contributed by atoms with Crippen molar-refractivity contribution in [3.63, 3.8) is 0 Å². The fourth-order valence-electron chi connectivity index (χ4n) is 2.32. The molecule has 0 spiro atoms. The van der Waals surface area contributed by atoms with Gasteiger partial charge in [-0.15, -0.1) is 0 Å². The van der Waals surface area contributed by atoms with Gasteiger partial charge >= 0.3 is 0 Å². The maximum Gasteiger partial charge on any atom is 0.119 e. The maximum absolute atomic E-state index is 5.91. The monoisotopic (exact) mass is 286 g/mol. The van der Waals surface area contributed by atoms with Crippen LogP contribution in [0.2, 0.25) is 5.02 Å². The van der Waals surface area contributed by atoms with E-state index in [-0.39, 0.29) is 6.04 Å². The second kappa shape index (κ2) is 5.55. The molecule has 1 unspecified atom stereocenters. The predicted octanol–water partition coefficient (Wildman–Crippen LogP) is 3.79. The first-order valence-corrected chi connectivity index (χ1v) is 6.86. The van der Waals surface area contributed by atoms with Gasteiger partial charge in [-0.2, -0.15) is 5.10 Å². The highest BCUT2D eigenvalue weighted by atomic mass is 35.5. The van der Waals surface area contributed by atoms with E-state index in [1.54, 1.807) is 7.11 Å². The van der Waals surface area contributed by atoms with Gasteiger partial charge in [0.25, 0.3) is 0 Å². The number of benzene rings is 2. The molecule has 1 aliphatic rings. The molecule has 3 rings (SSSR count). The number of hydrazone groups is 1. The highest BCUT2D eigenvalue weighted by Gasteiger charge is 2.21. The lowest BCUT2D eigenvalue weighted by Crippen LogP contribution is -2.09. The Bertz CT molecular complexity index is 637. The van der Waals surface area contributed by atoms with Gasteiger partial charge in [0.1, 0.15) is 5.75 Å². The average Bonchev–Trinajstić information content (AvgIpc) is 2.98. The van der Waals surface area contributed by atoms with E-state index in [1.807, 2.05) is 42.5 Å². The summed E-state index contributed by atoms with van der Waals surface area (Å²) in [4.78, 5) is 0. The van der Waals surface area contributed by atoms with Crippen molar-refractivity contribution in [2.45, 2.75) is 12.5 Å². The summed E-state index contributed by atoms with van der Waals surface area (Å²) in [5.41, 5.74) is 6.52. The number of ether oxygens (including phenoxy) is 1. The summed E-state index contributed by atoms with van der Waals surface area (Å²) in [5, 5.41) is 5.17. The Labute approximate surface area is 123 Å². The lowest BCUT2D eigenvalue weighted by Gasteiger charge is -2.11. The van der Waals surface area contributed by atoms with Gasteiger partial charge in [0.15, 0.2) is 0 Å². The van der Waals surface area contributed by atoms with Crippen LogP contribution in [0.5, 0.6) is 5.75 Å². The van der Waals surface area contributed by atoms with Crippen LogP contribution in [0.15, 0.2) is 53.6 Å². The molecule has 1 N–H and O–H groups in total. The van der Waals surface area contributed by atoms with Crippen LogP contribution in [0, 0.1) is 0 Å². The lowest BCUT2D eigenvalue weighted by atomic mass is 9.99. The maximum atomic E-state index is 5.91. The highest BCUT2D eigenvalue weighted by molar-refractivity contribution is 6.30. The van der Waals surface area contributed by atoms with Gasteiger partial charge in [0.05, 0.1) is 18.9 Å². The summed E-state index contributed by atoms with van der Waals surface area (Å²) in [7, 11) is 1.68. The number of rotatable bonds is 3. The summed E-state index contributed by atoms with van der Waals surface area (Å²) in [6, 6.07) is 16.0. The van der Waals surface area contributed by atoms with E-state index in [0.29, 0.717) is 0 Å². The number of hydrogen-bond donors (Lipinski definition) is 1. The highest BCUT2D eigenvalue weighted by Crippen LogP contribution is 2.27. The largest absolute Gasteiger partial charge is 0.497 e. The van der Waals surface area contributed by atoms with Crippen molar-refractivity contribution in [1.82, 2.24) is 5.43 Å². The molecule has 0 amide bonds. The zero-order valence-corrected chi connectivity index (χ0v) is 11.9. The molecule has 2 aromatic carbocycles. The molecule has 1 heterocycles. The van der Waals surface area contributed by atoms with Crippen LogP contribution in [0.4, 0.5) is 0 Å². The lowest BCUT2D eigenvalue weighted by molar-refractivity contribution is 0.413. The van der Waals surface area contributed by atoms with E-state index in [4.69, 9.17) is 16.3 Å². The van der Waals surface area contributed by atoms with Crippen LogP contribution < -0.4 is 10.2 Å². The van der Waals surface area contributed by atoms with Gasteiger partial charge in [-0.25, -0.2) is 0 Å². The Morgan fingerprint density at radius 1 is 1.20 bits per heavy atom. The molecule has 0 bridgehead atoms. The topological polar surface area (TPSA) is 33.6 Å². The molecular formula is C16H15ClN2O. The van der Waals surface area contributed by atoms with Crippen molar-refractivity contribution in [3.8, 4) is 5.75 Å². The second-order valence-corrected chi connectivity index (χ2v) is 5.16. The van der Waals surface area contributed by atoms with Crippen LogP contribution in [-0.4, -0.2) is 12.8 Å². The smallest absolute Gasteiger partial charge is 0.119 e. The average molecular weight is 287 g/mol. The van der Waals surface area contributed by atoms with Crippen molar-refractivity contribution < 1.29 is 4.74 Å². The predicted molar refractivity (Wildman–Crippen MR) is 81.5 cm³/mol. The van der Waals surface area contributed by atoms with Crippen molar-refractivity contribution in [3.05, 3.63) is 64.7 Å². The third-order valence-electron chi connectivity index (χ3n) is 3.43. The molecule has 102 valence electrons. The first kappa shape index (κ1) is 13.0. The molecule has 20 heavy (non-hydrogen) atoms. The zero-order chi connectivity index (χ0) is 13.9. The Hall–Kier alpha value is -2.00. The van der Waals surface area contributed by atoms with Gasteiger partial charge in [-0.3, -0.25) is 0 Å². The Morgan fingerprint density at radius 2 is 2.00 bits per heavy atom. The molecule has 1 atom stereocenters. The number of methoxy groups -OCH3 is 1. The van der Waals surface area contributed by atoms with Gasteiger partial charge in [-0.05, 0) is 35.4 Å². The van der Waals surface area contributed by atoms with E-state index in [2.05, 4.69) is 16.6 Å². The number of halogens is 1. The molecule has 1 aliphatic heterocycles. The molecular weight excluding hydrogens is 272 g/mol. The molecule has 0 radical (unpaired) electrons. The Balaban J connectivity index is 1.76. The van der Waals surface area contributed by atoms with E-state index >= 15 is 0 Å². The van der Waals surface area contributed by atoms with E-state index in [9.17, 15) is 0 Å². The minimum Gasteiger partial charge on any atom is -0.497 e. The molecule has 0 aliphatic carbocycles. The number of hydrogen-bond acceptors (Lipinski definition) is 3. The molecule has 0 fully saturated rings. The summed E-state index contributed by atoms with van der Waals surface area (Å²) in [6.07, 6.45) is 0.856. The zero-order valence-electron chi connectivity index (χ0n) is 11.1. The van der Waals surface area contributed by atoms with Gasteiger partial charge in [0.2, 0.25) is 0 Å². The Morgan fingerprint density at radius 3 is 2.75 bits per heavy atom. The molecule has 2 aromatic rings. The quantitative estimate of drug-likeness (QED) is 0.931. The van der Waals surface area contributed by atoms with E-state index < -0.39 is 0 Å². The standard InChI is InChI=1S/C16H15ClN2O/c1-20-14-4-2-3-12(9-14)16-10-15(18-19-16)11-5-7-13(17)8-6-11/h2-9,16,19H,10H2,1H3. The molecule has 3 nitrogen and oxygen atoms in total. The van der Waals surface area contributed by atoms with E-state index in [1.165, 1.54) is 5.56 Å². The van der Waals surface area contributed by atoms with Crippen molar-refractivity contribution in [2.75, 3.05) is 7.11 Å². The summed E-state index contributed by atoms with van der Waals surface area (Å²) >= 11 is 5.91. The minimum absolute atomic E-state index is 0.191. The van der Waals surface area contributed by atoms with Crippen LogP contribution in [0.1, 0.15) is 23.6 Å². The third-order valence-corrected chi connectivity index (χ3v) is 3.68. The number of nitrogens with one attached hydrogen (secondary N) is 1. The molecule has 0 saturated heterocycles. The van der Waals surface area contributed by atoms with Crippen molar-refractivity contribution >= 4 is 17.3 Å². The first-order chi connectivity index (χ1) is 9.76. The van der Waals surface area contributed by atoms with Crippen LogP contribution >= 0.6 is 11.6 Å².